The lowest BCUT2D eigenvalue weighted by Crippen LogP contribution is -1.92. The standard InChI is InChI=1S/C5H6NO/c1-5-4-6-2-3-7-5/h2-4H,1H3. The molecule has 0 aromatic heterocycles. The van der Waals surface area contributed by atoms with E-state index in [2.05, 4.69) is 5.32 Å². The Balaban J connectivity index is 2.50. The predicted octanol–water partition coefficient (Wildman–Crippen LogP) is 0.954. The highest BCUT2D eigenvalue weighted by atomic mass is 16.5. The van der Waals surface area contributed by atoms with Gasteiger partial charge in [-0.1, -0.05) is 0 Å². The molecule has 2 nitrogen and oxygen atoms in total. The van der Waals surface area contributed by atoms with Gasteiger partial charge in [-0.15, -0.1) is 0 Å². The van der Waals surface area contributed by atoms with Crippen molar-refractivity contribution in [3.63, 3.8) is 0 Å². The van der Waals surface area contributed by atoms with Gasteiger partial charge in [-0.25, -0.2) is 0 Å². The van der Waals surface area contributed by atoms with Crippen molar-refractivity contribution in [1.82, 2.24) is 5.32 Å². The summed E-state index contributed by atoms with van der Waals surface area (Å²) < 4.78 is 4.86. The van der Waals surface area contributed by atoms with E-state index < -0.39 is 0 Å². The van der Waals surface area contributed by atoms with Gasteiger partial charge < -0.3 is 4.74 Å². The summed E-state index contributed by atoms with van der Waals surface area (Å²) in [6.07, 6.45) is 4.82. The molecule has 0 atom stereocenters. The van der Waals surface area contributed by atoms with Crippen molar-refractivity contribution in [2.45, 2.75) is 6.92 Å². The highest BCUT2D eigenvalue weighted by Crippen LogP contribution is 1.97. The Hall–Kier alpha value is -0.920. The van der Waals surface area contributed by atoms with Gasteiger partial charge >= 0.3 is 0 Å². The van der Waals surface area contributed by atoms with E-state index in [1.54, 1.807) is 18.7 Å². The molecule has 37 valence electrons. The van der Waals surface area contributed by atoms with Crippen LogP contribution >= 0.6 is 0 Å². The van der Waals surface area contributed by atoms with Crippen LogP contribution in [-0.4, -0.2) is 0 Å². The van der Waals surface area contributed by atoms with Gasteiger partial charge in [0.25, 0.3) is 0 Å². The highest BCUT2D eigenvalue weighted by Gasteiger charge is 1.88. The molecule has 1 rings (SSSR count). The second kappa shape index (κ2) is 1.69. The largest absolute Gasteiger partial charge is 0.466 e. The van der Waals surface area contributed by atoms with Gasteiger partial charge in [-0.05, 0) is 6.92 Å². The molecule has 1 heterocycles. The number of allylic oxidation sites excluding steroid dienone is 1. The predicted molar refractivity (Wildman–Crippen MR) is 26.1 cm³/mol. The quantitative estimate of drug-likeness (QED) is 0.440. The van der Waals surface area contributed by atoms with Gasteiger partial charge in [-0.3, -0.25) is 5.32 Å². The number of hydrogen-bond acceptors (Lipinski definition) is 1. The lowest BCUT2D eigenvalue weighted by atomic mass is 10.6. The third-order valence-electron chi connectivity index (χ3n) is 0.657. The Kier molecular flexibility index (Phi) is 1.02. The van der Waals surface area contributed by atoms with Crippen LogP contribution in [0.3, 0.4) is 0 Å². The molecule has 0 amide bonds. The molecule has 0 bridgehead atoms. The van der Waals surface area contributed by atoms with E-state index in [0.717, 1.165) is 5.76 Å². The Bertz CT molecular complexity index is 115. The summed E-state index contributed by atoms with van der Waals surface area (Å²) >= 11 is 0. The fourth-order valence-electron chi connectivity index (χ4n) is 0.351. The van der Waals surface area contributed by atoms with Crippen LogP contribution in [0.5, 0.6) is 0 Å². The van der Waals surface area contributed by atoms with E-state index in [-0.39, 0.29) is 0 Å². The van der Waals surface area contributed by atoms with Gasteiger partial charge in [0.15, 0.2) is 0 Å². The maximum absolute atomic E-state index is 4.86. The zero-order valence-electron chi connectivity index (χ0n) is 4.09. The normalized spacial score (nSPS) is 17.0. The average Bonchev–Trinajstić information content (AvgIpc) is 1.69. The van der Waals surface area contributed by atoms with Crippen LogP contribution < -0.4 is 5.32 Å². The molecular formula is C5H6NO. The molecule has 0 aromatic carbocycles. The SMILES string of the molecule is CC1=C[N]C=CO1. The minimum absolute atomic E-state index is 0.836. The topological polar surface area (TPSA) is 23.3 Å². The summed E-state index contributed by atoms with van der Waals surface area (Å²) in [5.74, 6) is 0.836. The Morgan fingerprint density at radius 3 is 2.86 bits per heavy atom. The third kappa shape index (κ3) is 0.961. The van der Waals surface area contributed by atoms with Crippen molar-refractivity contribution in [1.29, 1.82) is 0 Å². The summed E-state index contributed by atoms with van der Waals surface area (Å²) in [6.45, 7) is 1.85. The second-order valence-corrected chi connectivity index (χ2v) is 1.29. The maximum atomic E-state index is 4.86. The molecule has 0 fully saturated rings. The van der Waals surface area contributed by atoms with Crippen molar-refractivity contribution in [2.75, 3.05) is 0 Å². The summed E-state index contributed by atoms with van der Waals surface area (Å²) in [7, 11) is 0. The molecule has 0 N–H and O–H groups in total. The van der Waals surface area contributed by atoms with Gasteiger partial charge in [0, 0.05) is 0 Å². The first kappa shape index (κ1) is 4.24. The monoisotopic (exact) mass is 96.0 g/mol. The van der Waals surface area contributed by atoms with Crippen LogP contribution in [-0.2, 0) is 4.74 Å². The van der Waals surface area contributed by atoms with Gasteiger partial charge in [-0.2, -0.15) is 0 Å². The summed E-state index contributed by atoms with van der Waals surface area (Å²) in [6, 6.07) is 0. The van der Waals surface area contributed by atoms with Gasteiger partial charge in [0.05, 0.1) is 12.4 Å². The van der Waals surface area contributed by atoms with E-state index in [1.807, 2.05) is 6.92 Å². The summed E-state index contributed by atoms with van der Waals surface area (Å²) in [5, 5.41) is 3.79. The molecule has 0 spiro atoms. The van der Waals surface area contributed by atoms with Crippen molar-refractivity contribution >= 4 is 0 Å². The molecule has 0 aromatic rings. The number of hydrogen-bond donors (Lipinski definition) is 0. The Labute approximate surface area is 42.5 Å². The van der Waals surface area contributed by atoms with Crippen molar-refractivity contribution in [3.05, 3.63) is 24.4 Å². The zero-order valence-corrected chi connectivity index (χ0v) is 4.09. The number of nitrogens with zero attached hydrogens (tertiary/aromatic N) is 1. The van der Waals surface area contributed by atoms with Crippen LogP contribution in [0.1, 0.15) is 6.92 Å². The molecule has 1 radical (unpaired) electrons. The van der Waals surface area contributed by atoms with Crippen LogP contribution in [0.15, 0.2) is 24.4 Å². The Morgan fingerprint density at radius 2 is 2.57 bits per heavy atom. The second-order valence-electron chi connectivity index (χ2n) is 1.29. The van der Waals surface area contributed by atoms with E-state index in [0.29, 0.717) is 0 Å². The van der Waals surface area contributed by atoms with Gasteiger partial charge in [0.1, 0.15) is 12.0 Å². The molecule has 0 aliphatic carbocycles. The van der Waals surface area contributed by atoms with E-state index in [9.17, 15) is 0 Å². The van der Waals surface area contributed by atoms with Crippen molar-refractivity contribution < 1.29 is 4.74 Å². The first-order valence-electron chi connectivity index (χ1n) is 2.08. The molecule has 0 saturated heterocycles. The highest BCUT2D eigenvalue weighted by molar-refractivity contribution is 4.96. The first-order chi connectivity index (χ1) is 3.39. The van der Waals surface area contributed by atoms with Crippen LogP contribution in [0.2, 0.25) is 0 Å². The molecule has 0 saturated carbocycles. The fourth-order valence-corrected chi connectivity index (χ4v) is 0.351. The fraction of sp³-hybridized carbons (Fsp3) is 0.200. The van der Waals surface area contributed by atoms with E-state index >= 15 is 0 Å². The molecule has 1 aliphatic rings. The smallest absolute Gasteiger partial charge is 0.118 e. The lowest BCUT2D eigenvalue weighted by Gasteiger charge is -2.01. The molecule has 1 aliphatic heterocycles. The van der Waals surface area contributed by atoms with Crippen molar-refractivity contribution in [3.8, 4) is 0 Å². The van der Waals surface area contributed by atoms with Crippen molar-refractivity contribution in [2.24, 2.45) is 0 Å². The minimum atomic E-state index is 0.836. The Morgan fingerprint density at radius 1 is 1.71 bits per heavy atom. The molecule has 2 heteroatoms. The zero-order chi connectivity index (χ0) is 5.11. The van der Waals surface area contributed by atoms with Crippen LogP contribution in [0, 0.1) is 0 Å². The number of rotatable bonds is 0. The lowest BCUT2D eigenvalue weighted by molar-refractivity contribution is 0.340. The van der Waals surface area contributed by atoms with Crippen LogP contribution in [0.25, 0.3) is 0 Å². The third-order valence-corrected chi connectivity index (χ3v) is 0.657. The number of ether oxygens (including phenoxy) is 1. The minimum Gasteiger partial charge on any atom is -0.466 e. The van der Waals surface area contributed by atoms with E-state index in [1.165, 1.54) is 0 Å². The first-order valence-corrected chi connectivity index (χ1v) is 2.08. The van der Waals surface area contributed by atoms with Crippen LogP contribution in [0.4, 0.5) is 0 Å². The molecule has 7 heavy (non-hydrogen) atoms. The van der Waals surface area contributed by atoms with E-state index in [4.69, 9.17) is 4.74 Å². The average molecular weight is 96.1 g/mol. The molecule has 0 unspecified atom stereocenters. The summed E-state index contributed by atoms with van der Waals surface area (Å²) in [5.41, 5.74) is 0. The van der Waals surface area contributed by atoms with Gasteiger partial charge in [0.2, 0.25) is 0 Å². The summed E-state index contributed by atoms with van der Waals surface area (Å²) in [4.78, 5) is 0. The molecular weight excluding hydrogens is 90.1 g/mol. The maximum Gasteiger partial charge on any atom is 0.118 e.